The number of furan rings is 1. The van der Waals surface area contributed by atoms with Crippen molar-refractivity contribution in [3.05, 3.63) is 47.4 Å². The van der Waals surface area contributed by atoms with Crippen molar-refractivity contribution >= 4 is 11.6 Å². The van der Waals surface area contributed by atoms with Gasteiger partial charge in [-0.3, -0.25) is 4.79 Å². The quantitative estimate of drug-likeness (QED) is 0.880. The Kier molecular flexibility index (Phi) is 4.42. The van der Waals surface area contributed by atoms with E-state index >= 15 is 0 Å². The molecule has 0 bridgehead atoms. The third kappa shape index (κ3) is 3.19. The first kappa shape index (κ1) is 14.1. The molecule has 2 aromatic rings. The SMILES string of the molecule is CCOc1ccc(NC(=O)c2ccc(C)o2)cc1CO. The molecule has 0 saturated carbocycles. The van der Waals surface area contributed by atoms with Crippen molar-refractivity contribution in [2.75, 3.05) is 11.9 Å². The predicted octanol–water partition coefficient (Wildman–Crippen LogP) is 2.73. The van der Waals surface area contributed by atoms with Crippen LogP contribution in [0.5, 0.6) is 5.75 Å². The van der Waals surface area contributed by atoms with Crippen LogP contribution in [0, 0.1) is 6.92 Å². The summed E-state index contributed by atoms with van der Waals surface area (Å²) in [5.41, 5.74) is 1.21. The molecule has 106 valence electrons. The maximum Gasteiger partial charge on any atom is 0.291 e. The lowest BCUT2D eigenvalue weighted by atomic mass is 10.2. The molecule has 5 nitrogen and oxygen atoms in total. The van der Waals surface area contributed by atoms with Crippen molar-refractivity contribution in [1.82, 2.24) is 0 Å². The fourth-order valence-corrected chi connectivity index (χ4v) is 1.83. The Morgan fingerprint density at radius 2 is 2.15 bits per heavy atom. The highest BCUT2D eigenvalue weighted by atomic mass is 16.5. The minimum absolute atomic E-state index is 0.154. The van der Waals surface area contributed by atoms with E-state index in [1.807, 2.05) is 6.92 Å². The van der Waals surface area contributed by atoms with Crippen LogP contribution in [0.2, 0.25) is 0 Å². The van der Waals surface area contributed by atoms with E-state index in [9.17, 15) is 9.90 Å². The van der Waals surface area contributed by atoms with Gasteiger partial charge in [0.1, 0.15) is 11.5 Å². The molecule has 2 N–H and O–H groups in total. The molecular weight excluding hydrogens is 258 g/mol. The van der Waals surface area contributed by atoms with Gasteiger partial charge in [0.2, 0.25) is 0 Å². The van der Waals surface area contributed by atoms with E-state index in [-0.39, 0.29) is 18.3 Å². The first-order valence-electron chi connectivity index (χ1n) is 6.38. The van der Waals surface area contributed by atoms with Crippen molar-refractivity contribution in [3.63, 3.8) is 0 Å². The number of carbonyl (C=O) groups is 1. The van der Waals surface area contributed by atoms with Gasteiger partial charge in [0.25, 0.3) is 5.91 Å². The van der Waals surface area contributed by atoms with Crippen molar-refractivity contribution in [1.29, 1.82) is 0 Å². The van der Waals surface area contributed by atoms with Crippen molar-refractivity contribution < 1.29 is 19.1 Å². The molecule has 1 amide bonds. The van der Waals surface area contributed by atoms with Gasteiger partial charge < -0.3 is 19.6 Å². The molecule has 0 spiro atoms. The monoisotopic (exact) mass is 275 g/mol. The van der Waals surface area contributed by atoms with Gasteiger partial charge in [-0.15, -0.1) is 0 Å². The topological polar surface area (TPSA) is 71.7 Å². The number of carbonyl (C=O) groups excluding carboxylic acids is 1. The molecule has 5 heteroatoms. The third-order valence-electron chi connectivity index (χ3n) is 2.75. The lowest BCUT2D eigenvalue weighted by molar-refractivity contribution is 0.0995. The summed E-state index contributed by atoms with van der Waals surface area (Å²) < 4.78 is 10.6. The highest BCUT2D eigenvalue weighted by Crippen LogP contribution is 2.23. The number of ether oxygens (including phenoxy) is 1. The van der Waals surface area contributed by atoms with Crippen molar-refractivity contribution in [2.45, 2.75) is 20.5 Å². The second-order valence-corrected chi connectivity index (χ2v) is 4.28. The summed E-state index contributed by atoms with van der Waals surface area (Å²) in [6.07, 6.45) is 0. The maximum atomic E-state index is 11.9. The van der Waals surface area contributed by atoms with Crippen LogP contribution in [-0.2, 0) is 6.61 Å². The Bertz CT molecular complexity index is 604. The zero-order valence-electron chi connectivity index (χ0n) is 11.5. The molecule has 0 radical (unpaired) electrons. The van der Waals surface area contributed by atoms with E-state index in [4.69, 9.17) is 9.15 Å². The second kappa shape index (κ2) is 6.25. The minimum atomic E-state index is -0.328. The van der Waals surface area contributed by atoms with Crippen LogP contribution in [0.25, 0.3) is 0 Å². The Balaban J connectivity index is 2.15. The Hall–Kier alpha value is -2.27. The first-order chi connectivity index (χ1) is 9.63. The molecule has 0 unspecified atom stereocenters. The average Bonchev–Trinajstić information content (AvgIpc) is 2.87. The Morgan fingerprint density at radius 3 is 2.75 bits per heavy atom. The van der Waals surface area contributed by atoms with Gasteiger partial charge in [0, 0.05) is 11.3 Å². The van der Waals surface area contributed by atoms with Gasteiger partial charge >= 0.3 is 0 Å². The van der Waals surface area contributed by atoms with E-state index in [1.165, 1.54) is 0 Å². The normalized spacial score (nSPS) is 10.3. The molecule has 0 atom stereocenters. The fraction of sp³-hybridized carbons (Fsp3) is 0.267. The summed E-state index contributed by atoms with van der Waals surface area (Å²) in [5.74, 6) is 1.22. The summed E-state index contributed by atoms with van der Waals surface area (Å²) in [6.45, 7) is 4.01. The van der Waals surface area contributed by atoms with Crippen LogP contribution < -0.4 is 10.1 Å². The third-order valence-corrected chi connectivity index (χ3v) is 2.75. The number of hydrogen-bond acceptors (Lipinski definition) is 4. The molecule has 20 heavy (non-hydrogen) atoms. The second-order valence-electron chi connectivity index (χ2n) is 4.28. The summed E-state index contributed by atoms with van der Waals surface area (Å²) in [7, 11) is 0. The van der Waals surface area contributed by atoms with Crippen LogP contribution in [0.1, 0.15) is 28.8 Å². The van der Waals surface area contributed by atoms with E-state index < -0.39 is 0 Å². The molecular formula is C15H17NO4. The number of amides is 1. The smallest absolute Gasteiger partial charge is 0.291 e. The molecule has 1 aromatic carbocycles. The summed E-state index contributed by atoms with van der Waals surface area (Å²) in [6, 6.07) is 8.47. The van der Waals surface area contributed by atoms with Gasteiger partial charge in [-0.1, -0.05) is 0 Å². The number of rotatable bonds is 5. The van der Waals surface area contributed by atoms with Gasteiger partial charge in [0.05, 0.1) is 13.2 Å². The van der Waals surface area contributed by atoms with Crippen LogP contribution >= 0.6 is 0 Å². The highest BCUT2D eigenvalue weighted by molar-refractivity contribution is 6.02. The van der Waals surface area contributed by atoms with Crippen molar-refractivity contribution in [3.8, 4) is 5.75 Å². The lowest BCUT2D eigenvalue weighted by Crippen LogP contribution is -2.11. The summed E-state index contributed by atoms with van der Waals surface area (Å²) >= 11 is 0. The first-order valence-corrected chi connectivity index (χ1v) is 6.38. The molecule has 1 aromatic heterocycles. The molecule has 0 aliphatic heterocycles. The number of nitrogens with one attached hydrogen (secondary N) is 1. The zero-order chi connectivity index (χ0) is 14.5. The van der Waals surface area contributed by atoms with Crippen LogP contribution in [0.3, 0.4) is 0 Å². The minimum Gasteiger partial charge on any atom is -0.494 e. The van der Waals surface area contributed by atoms with Gasteiger partial charge in [-0.05, 0) is 44.2 Å². The largest absolute Gasteiger partial charge is 0.494 e. The average molecular weight is 275 g/mol. The van der Waals surface area contributed by atoms with Gasteiger partial charge in [-0.25, -0.2) is 0 Å². The van der Waals surface area contributed by atoms with Crippen LogP contribution in [-0.4, -0.2) is 17.6 Å². The number of aryl methyl sites for hydroxylation is 1. The number of aliphatic hydroxyl groups is 1. The van der Waals surface area contributed by atoms with E-state index in [2.05, 4.69) is 5.32 Å². The highest BCUT2D eigenvalue weighted by Gasteiger charge is 2.11. The molecule has 0 fully saturated rings. The van der Waals surface area contributed by atoms with Crippen LogP contribution in [0.4, 0.5) is 5.69 Å². The number of aliphatic hydroxyl groups excluding tert-OH is 1. The molecule has 0 aliphatic carbocycles. The molecule has 0 saturated heterocycles. The van der Waals surface area contributed by atoms with E-state index in [0.717, 1.165) is 0 Å². The van der Waals surface area contributed by atoms with Gasteiger partial charge in [-0.2, -0.15) is 0 Å². The fourth-order valence-electron chi connectivity index (χ4n) is 1.83. The standard InChI is InChI=1S/C15H17NO4/c1-3-19-13-7-5-12(8-11(13)9-17)16-15(18)14-6-4-10(2)20-14/h4-8,17H,3,9H2,1-2H3,(H,16,18). The molecule has 0 aliphatic rings. The summed E-state index contributed by atoms with van der Waals surface area (Å²) in [4.78, 5) is 11.9. The summed E-state index contributed by atoms with van der Waals surface area (Å²) in [5, 5.41) is 12.0. The Morgan fingerprint density at radius 1 is 1.35 bits per heavy atom. The molecule has 1 heterocycles. The van der Waals surface area contributed by atoms with Crippen molar-refractivity contribution in [2.24, 2.45) is 0 Å². The Labute approximate surface area is 117 Å². The maximum absolute atomic E-state index is 11.9. The molecule has 2 rings (SSSR count). The lowest BCUT2D eigenvalue weighted by Gasteiger charge is -2.10. The number of benzene rings is 1. The van der Waals surface area contributed by atoms with Crippen LogP contribution in [0.15, 0.2) is 34.7 Å². The van der Waals surface area contributed by atoms with Gasteiger partial charge in [0.15, 0.2) is 5.76 Å². The van der Waals surface area contributed by atoms with E-state index in [1.54, 1.807) is 37.3 Å². The number of hydrogen-bond donors (Lipinski definition) is 2. The zero-order valence-corrected chi connectivity index (χ0v) is 11.5. The van der Waals surface area contributed by atoms with E-state index in [0.29, 0.717) is 29.4 Å². The number of anilines is 1. The predicted molar refractivity (Wildman–Crippen MR) is 74.9 cm³/mol.